The predicted molar refractivity (Wildman–Crippen MR) is 77.0 cm³/mol. The SMILES string of the molecule is Cn1nc(Br)cc1N1CCCC1CN1CCCC1. The molecule has 0 radical (unpaired) electrons. The molecule has 1 aromatic heterocycles. The highest BCUT2D eigenvalue weighted by molar-refractivity contribution is 9.10. The van der Waals surface area contributed by atoms with Gasteiger partial charge >= 0.3 is 0 Å². The second kappa shape index (κ2) is 5.21. The highest BCUT2D eigenvalue weighted by Crippen LogP contribution is 2.28. The summed E-state index contributed by atoms with van der Waals surface area (Å²) in [6.45, 7) is 4.98. The zero-order valence-electron chi connectivity index (χ0n) is 11.0. The van der Waals surface area contributed by atoms with E-state index in [0.29, 0.717) is 6.04 Å². The minimum Gasteiger partial charge on any atom is -0.353 e. The first-order valence-electron chi connectivity index (χ1n) is 6.92. The molecule has 2 fully saturated rings. The molecule has 100 valence electrons. The Kier molecular flexibility index (Phi) is 3.61. The number of hydrogen-bond donors (Lipinski definition) is 0. The molecule has 0 spiro atoms. The van der Waals surface area contributed by atoms with Gasteiger partial charge in [0.25, 0.3) is 0 Å². The molecule has 1 aromatic rings. The van der Waals surface area contributed by atoms with Crippen LogP contribution in [0.3, 0.4) is 0 Å². The molecule has 2 aliphatic heterocycles. The van der Waals surface area contributed by atoms with Gasteiger partial charge in [0.1, 0.15) is 10.4 Å². The van der Waals surface area contributed by atoms with Gasteiger partial charge in [-0.15, -0.1) is 0 Å². The van der Waals surface area contributed by atoms with E-state index in [1.165, 1.54) is 57.7 Å². The summed E-state index contributed by atoms with van der Waals surface area (Å²) in [4.78, 5) is 5.16. The van der Waals surface area contributed by atoms with E-state index in [2.05, 4.69) is 36.9 Å². The summed E-state index contributed by atoms with van der Waals surface area (Å²) in [5, 5.41) is 4.40. The molecule has 2 saturated heterocycles. The van der Waals surface area contributed by atoms with Gasteiger partial charge in [-0.25, -0.2) is 0 Å². The van der Waals surface area contributed by atoms with Crippen LogP contribution in [0.15, 0.2) is 10.7 Å². The molecule has 5 heteroatoms. The lowest BCUT2D eigenvalue weighted by Crippen LogP contribution is -2.40. The number of anilines is 1. The Morgan fingerprint density at radius 2 is 2.06 bits per heavy atom. The topological polar surface area (TPSA) is 24.3 Å². The van der Waals surface area contributed by atoms with E-state index in [1.54, 1.807) is 0 Å². The molecular weight excluding hydrogens is 292 g/mol. The van der Waals surface area contributed by atoms with Crippen LogP contribution < -0.4 is 4.90 Å². The molecule has 3 rings (SSSR count). The van der Waals surface area contributed by atoms with Crippen molar-refractivity contribution in [2.45, 2.75) is 31.7 Å². The van der Waals surface area contributed by atoms with Gasteiger partial charge in [0.2, 0.25) is 0 Å². The van der Waals surface area contributed by atoms with Crippen LogP contribution in [0, 0.1) is 0 Å². The lowest BCUT2D eigenvalue weighted by atomic mass is 10.2. The third-order valence-corrected chi connectivity index (χ3v) is 4.55. The quantitative estimate of drug-likeness (QED) is 0.855. The van der Waals surface area contributed by atoms with Gasteiger partial charge in [-0.05, 0) is 54.7 Å². The van der Waals surface area contributed by atoms with Gasteiger partial charge in [-0.1, -0.05) is 0 Å². The van der Waals surface area contributed by atoms with Gasteiger partial charge in [0.05, 0.1) is 0 Å². The van der Waals surface area contributed by atoms with Crippen LogP contribution in [0.4, 0.5) is 5.82 Å². The Bertz CT molecular complexity index is 411. The van der Waals surface area contributed by atoms with Gasteiger partial charge in [0, 0.05) is 32.2 Å². The second-order valence-corrected chi connectivity index (χ2v) is 6.26. The number of aromatic nitrogens is 2. The molecule has 1 atom stereocenters. The summed E-state index contributed by atoms with van der Waals surface area (Å²) < 4.78 is 2.93. The van der Waals surface area contributed by atoms with Gasteiger partial charge < -0.3 is 9.80 Å². The molecule has 0 amide bonds. The molecule has 4 nitrogen and oxygen atoms in total. The van der Waals surface area contributed by atoms with E-state index in [0.717, 1.165) is 4.60 Å². The van der Waals surface area contributed by atoms with Crippen molar-refractivity contribution in [2.75, 3.05) is 31.1 Å². The standard InChI is InChI=1S/C13H21BrN4/c1-16-13(9-12(14)15-16)18-8-4-5-11(18)10-17-6-2-3-7-17/h9,11H,2-8,10H2,1H3. The maximum absolute atomic E-state index is 4.40. The van der Waals surface area contributed by atoms with E-state index >= 15 is 0 Å². The fourth-order valence-electron chi connectivity index (χ4n) is 3.28. The van der Waals surface area contributed by atoms with E-state index in [4.69, 9.17) is 0 Å². The average Bonchev–Trinajstić information content (AvgIpc) is 3.02. The number of aryl methyl sites for hydroxylation is 1. The van der Waals surface area contributed by atoms with E-state index in [-0.39, 0.29) is 0 Å². The second-order valence-electron chi connectivity index (χ2n) is 5.45. The van der Waals surface area contributed by atoms with Crippen molar-refractivity contribution in [1.29, 1.82) is 0 Å². The zero-order valence-corrected chi connectivity index (χ0v) is 12.6. The zero-order chi connectivity index (χ0) is 12.5. The first-order valence-corrected chi connectivity index (χ1v) is 7.72. The van der Waals surface area contributed by atoms with E-state index in [9.17, 15) is 0 Å². The monoisotopic (exact) mass is 312 g/mol. The normalized spacial score (nSPS) is 25.2. The van der Waals surface area contributed by atoms with Crippen molar-refractivity contribution in [1.82, 2.24) is 14.7 Å². The Hall–Kier alpha value is -0.550. The van der Waals surface area contributed by atoms with Crippen LogP contribution >= 0.6 is 15.9 Å². The van der Waals surface area contributed by atoms with Gasteiger partial charge in [0.15, 0.2) is 0 Å². The fourth-order valence-corrected chi connectivity index (χ4v) is 3.73. The number of likely N-dealkylation sites (tertiary alicyclic amines) is 1. The third kappa shape index (κ3) is 2.43. The number of halogens is 1. The maximum Gasteiger partial charge on any atom is 0.130 e. The van der Waals surface area contributed by atoms with Crippen molar-refractivity contribution in [2.24, 2.45) is 7.05 Å². The summed E-state index contributed by atoms with van der Waals surface area (Å²) in [7, 11) is 2.03. The molecule has 0 saturated carbocycles. The largest absolute Gasteiger partial charge is 0.353 e. The van der Waals surface area contributed by atoms with Crippen LogP contribution in [-0.2, 0) is 7.05 Å². The number of hydrogen-bond acceptors (Lipinski definition) is 3. The summed E-state index contributed by atoms with van der Waals surface area (Å²) in [5.41, 5.74) is 0. The molecule has 0 bridgehead atoms. The first kappa shape index (κ1) is 12.5. The minimum absolute atomic E-state index is 0.672. The van der Waals surface area contributed by atoms with Gasteiger partial charge in [-0.3, -0.25) is 4.68 Å². The van der Waals surface area contributed by atoms with Crippen LogP contribution in [0.25, 0.3) is 0 Å². The van der Waals surface area contributed by atoms with Crippen molar-refractivity contribution >= 4 is 21.7 Å². The Morgan fingerprint density at radius 1 is 1.28 bits per heavy atom. The van der Waals surface area contributed by atoms with Crippen LogP contribution in [0.2, 0.25) is 0 Å². The summed E-state index contributed by atoms with van der Waals surface area (Å²) in [5.74, 6) is 1.25. The van der Waals surface area contributed by atoms with Crippen LogP contribution in [0.5, 0.6) is 0 Å². The molecule has 18 heavy (non-hydrogen) atoms. The van der Waals surface area contributed by atoms with Crippen molar-refractivity contribution < 1.29 is 0 Å². The fraction of sp³-hybridized carbons (Fsp3) is 0.769. The molecule has 0 aliphatic carbocycles. The Labute approximate surface area is 117 Å². The van der Waals surface area contributed by atoms with Crippen molar-refractivity contribution in [3.63, 3.8) is 0 Å². The Morgan fingerprint density at radius 3 is 2.72 bits per heavy atom. The summed E-state index contributed by atoms with van der Waals surface area (Å²) in [6, 6.07) is 2.81. The van der Waals surface area contributed by atoms with Crippen molar-refractivity contribution in [3.05, 3.63) is 10.7 Å². The molecule has 2 aliphatic rings. The van der Waals surface area contributed by atoms with E-state index in [1.807, 2.05) is 11.7 Å². The molecule has 3 heterocycles. The highest BCUT2D eigenvalue weighted by atomic mass is 79.9. The molecule has 0 N–H and O–H groups in total. The van der Waals surface area contributed by atoms with E-state index < -0.39 is 0 Å². The van der Waals surface area contributed by atoms with Gasteiger partial charge in [-0.2, -0.15) is 5.10 Å². The number of nitrogens with zero attached hydrogens (tertiary/aromatic N) is 4. The van der Waals surface area contributed by atoms with Crippen LogP contribution in [0.1, 0.15) is 25.7 Å². The lowest BCUT2D eigenvalue weighted by molar-refractivity contribution is 0.313. The predicted octanol–water partition coefficient (Wildman–Crippen LogP) is 2.25. The minimum atomic E-state index is 0.672. The molecule has 1 unspecified atom stereocenters. The smallest absolute Gasteiger partial charge is 0.130 e. The summed E-state index contributed by atoms with van der Waals surface area (Å²) >= 11 is 3.47. The average molecular weight is 313 g/mol. The Balaban J connectivity index is 1.72. The molecular formula is C13H21BrN4. The van der Waals surface area contributed by atoms with Crippen molar-refractivity contribution in [3.8, 4) is 0 Å². The lowest BCUT2D eigenvalue weighted by Gasteiger charge is -2.29. The summed E-state index contributed by atoms with van der Waals surface area (Å²) in [6.07, 6.45) is 5.38. The van der Waals surface area contributed by atoms with Crippen LogP contribution in [-0.4, -0.2) is 46.9 Å². The molecule has 0 aromatic carbocycles. The highest BCUT2D eigenvalue weighted by Gasteiger charge is 2.29. The first-order chi connectivity index (χ1) is 8.74. The number of rotatable bonds is 3. The third-order valence-electron chi connectivity index (χ3n) is 4.16. The maximum atomic E-state index is 4.40.